The lowest BCUT2D eigenvalue weighted by Gasteiger charge is -2.18. The Hall–Kier alpha value is -2.62. The lowest BCUT2D eigenvalue weighted by Crippen LogP contribution is -2.23. The van der Waals surface area contributed by atoms with Crippen LogP contribution < -0.4 is 10.6 Å². The SMILES string of the molecule is CCCN(C)c1nc(N)nc2c1ncn2[C@H]1C[C@H](N=[N+]=[N-])[C@@H](CO)O1. The summed E-state index contributed by atoms with van der Waals surface area (Å²) in [6.07, 6.45) is 1.99. The molecule has 2 aromatic heterocycles. The summed E-state index contributed by atoms with van der Waals surface area (Å²) < 4.78 is 7.55. The number of imidazole rings is 1. The Kier molecular flexibility index (Phi) is 4.88. The number of nitrogen functional groups attached to an aromatic ring is 1. The summed E-state index contributed by atoms with van der Waals surface area (Å²) in [4.78, 5) is 17.8. The molecule has 1 aliphatic heterocycles. The standard InChI is InChI=1S/C14H21N9O2/c1-3-4-22(2)12-11-13(19-14(15)18-12)23(7-17-11)10-5-8(20-21-16)9(6-24)25-10/h7-10,24H,3-6H2,1-2H3,(H2,15,18,19)/t8-,9+,10+/m0/s1. The van der Waals surface area contributed by atoms with Crippen molar-refractivity contribution in [3.63, 3.8) is 0 Å². The van der Waals surface area contributed by atoms with Gasteiger partial charge in [-0.25, -0.2) is 4.98 Å². The van der Waals surface area contributed by atoms with Gasteiger partial charge in [-0.3, -0.25) is 4.57 Å². The molecule has 134 valence electrons. The Morgan fingerprint density at radius 3 is 3.04 bits per heavy atom. The van der Waals surface area contributed by atoms with Gasteiger partial charge in [0.05, 0.1) is 25.1 Å². The van der Waals surface area contributed by atoms with Gasteiger partial charge in [0.1, 0.15) is 6.23 Å². The van der Waals surface area contributed by atoms with E-state index >= 15 is 0 Å². The molecule has 0 saturated carbocycles. The third-order valence-corrected chi connectivity index (χ3v) is 4.24. The number of hydrogen-bond acceptors (Lipinski definition) is 8. The highest BCUT2D eigenvalue weighted by Crippen LogP contribution is 2.34. The minimum Gasteiger partial charge on any atom is -0.394 e. The lowest BCUT2D eigenvalue weighted by molar-refractivity contribution is -0.0232. The molecular formula is C14H21N9O2. The predicted molar refractivity (Wildman–Crippen MR) is 91.8 cm³/mol. The maximum absolute atomic E-state index is 9.43. The van der Waals surface area contributed by atoms with Crippen molar-refractivity contribution in [2.24, 2.45) is 5.11 Å². The molecule has 11 heteroatoms. The van der Waals surface area contributed by atoms with E-state index < -0.39 is 18.4 Å². The largest absolute Gasteiger partial charge is 0.394 e. The molecule has 0 aliphatic carbocycles. The number of aliphatic hydroxyl groups excluding tert-OH is 1. The highest BCUT2D eigenvalue weighted by molar-refractivity contribution is 5.84. The van der Waals surface area contributed by atoms with Gasteiger partial charge in [0.25, 0.3) is 0 Å². The number of fused-ring (bicyclic) bond motifs is 1. The maximum Gasteiger partial charge on any atom is 0.224 e. The smallest absolute Gasteiger partial charge is 0.224 e. The highest BCUT2D eigenvalue weighted by atomic mass is 16.5. The highest BCUT2D eigenvalue weighted by Gasteiger charge is 2.36. The Bertz CT molecular complexity index is 801. The monoisotopic (exact) mass is 347 g/mol. The third kappa shape index (κ3) is 3.16. The summed E-state index contributed by atoms with van der Waals surface area (Å²) in [6.45, 7) is 2.66. The number of anilines is 2. The van der Waals surface area contributed by atoms with Crippen LogP contribution in [-0.2, 0) is 4.74 Å². The van der Waals surface area contributed by atoms with Crippen molar-refractivity contribution in [3.8, 4) is 0 Å². The summed E-state index contributed by atoms with van der Waals surface area (Å²) in [5.74, 6) is 0.807. The molecule has 2 aromatic rings. The molecule has 25 heavy (non-hydrogen) atoms. The molecule has 0 amide bonds. The fourth-order valence-corrected chi connectivity index (χ4v) is 3.07. The summed E-state index contributed by atoms with van der Waals surface area (Å²) in [6, 6.07) is -0.445. The maximum atomic E-state index is 9.43. The first kappa shape index (κ1) is 17.2. The number of ether oxygens (including phenoxy) is 1. The van der Waals surface area contributed by atoms with Crippen molar-refractivity contribution in [2.45, 2.75) is 38.1 Å². The summed E-state index contributed by atoms with van der Waals surface area (Å²) in [7, 11) is 1.93. The zero-order chi connectivity index (χ0) is 18.0. The van der Waals surface area contributed by atoms with E-state index in [1.165, 1.54) is 0 Å². The molecule has 3 N–H and O–H groups in total. The molecule has 0 spiro atoms. The number of nitrogens with two attached hydrogens (primary N) is 1. The quantitative estimate of drug-likeness (QED) is 0.452. The fraction of sp³-hybridized carbons (Fsp3) is 0.643. The van der Waals surface area contributed by atoms with Crippen LogP contribution in [-0.4, -0.2) is 57.0 Å². The second kappa shape index (κ2) is 7.09. The Morgan fingerprint density at radius 2 is 2.36 bits per heavy atom. The molecule has 11 nitrogen and oxygen atoms in total. The van der Waals surface area contributed by atoms with Crippen LogP contribution in [0.25, 0.3) is 21.6 Å². The second-order valence-electron chi connectivity index (χ2n) is 5.97. The number of rotatable bonds is 6. The van der Waals surface area contributed by atoms with Gasteiger partial charge in [-0.15, -0.1) is 0 Å². The van der Waals surface area contributed by atoms with Gasteiger partial charge in [0, 0.05) is 24.9 Å². The number of aromatic nitrogens is 4. The van der Waals surface area contributed by atoms with Crippen LogP contribution in [0, 0.1) is 0 Å². The van der Waals surface area contributed by atoms with Crippen LogP contribution in [0.5, 0.6) is 0 Å². The lowest BCUT2D eigenvalue weighted by atomic mass is 10.1. The van der Waals surface area contributed by atoms with E-state index in [0.29, 0.717) is 23.4 Å². The van der Waals surface area contributed by atoms with Crippen molar-refractivity contribution < 1.29 is 9.84 Å². The molecule has 1 saturated heterocycles. The van der Waals surface area contributed by atoms with Crippen molar-refractivity contribution in [2.75, 3.05) is 30.8 Å². The van der Waals surface area contributed by atoms with Gasteiger partial charge in [-0.05, 0) is 12.0 Å². The normalized spacial score (nSPS) is 22.9. The topological polar surface area (TPSA) is 151 Å². The second-order valence-corrected chi connectivity index (χ2v) is 5.97. The molecule has 0 aromatic carbocycles. The van der Waals surface area contributed by atoms with Gasteiger partial charge in [0.15, 0.2) is 17.0 Å². The van der Waals surface area contributed by atoms with Crippen molar-refractivity contribution in [1.29, 1.82) is 0 Å². The van der Waals surface area contributed by atoms with Gasteiger partial charge in [0.2, 0.25) is 5.95 Å². The molecule has 3 atom stereocenters. The van der Waals surface area contributed by atoms with E-state index in [0.717, 1.165) is 13.0 Å². The average molecular weight is 347 g/mol. The molecule has 1 aliphatic rings. The Balaban J connectivity index is 2.00. The van der Waals surface area contributed by atoms with Gasteiger partial charge in [-0.1, -0.05) is 12.0 Å². The van der Waals surface area contributed by atoms with Gasteiger partial charge in [-0.2, -0.15) is 9.97 Å². The van der Waals surface area contributed by atoms with E-state index in [2.05, 4.69) is 31.9 Å². The zero-order valence-corrected chi connectivity index (χ0v) is 14.1. The van der Waals surface area contributed by atoms with E-state index in [-0.39, 0.29) is 12.6 Å². The molecule has 0 radical (unpaired) electrons. The molecule has 0 unspecified atom stereocenters. The molecule has 1 fully saturated rings. The number of azide groups is 1. The van der Waals surface area contributed by atoms with Gasteiger partial charge >= 0.3 is 0 Å². The average Bonchev–Trinajstić information content (AvgIpc) is 3.18. The van der Waals surface area contributed by atoms with Crippen molar-refractivity contribution in [1.82, 2.24) is 19.5 Å². The number of nitrogens with zero attached hydrogens (tertiary/aromatic N) is 8. The van der Waals surface area contributed by atoms with Crippen LogP contribution in [0.1, 0.15) is 26.0 Å². The van der Waals surface area contributed by atoms with Crippen LogP contribution in [0.4, 0.5) is 11.8 Å². The van der Waals surface area contributed by atoms with E-state index in [1.807, 2.05) is 11.9 Å². The van der Waals surface area contributed by atoms with Crippen LogP contribution >= 0.6 is 0 Å². The Morgan fingerprint density at radius 1 is 1.56 bits per heavy atom. The fourth-order valence-electron chi connectivity index (χ4n) is 3.07. The molecule has 3 heterocycles. The first-order valence-electron chi connectivity index (χ1n) is 8.10. The Labute approximate surface area is 144 Å². The summed E-state index contributed by atoms with van der Waals surface area (Å²) >= 11 is 0. The van der Waals surface area contributed by atoms with Crippen molar-refractivity contribution >= 4 is 22.9 Å². The van der Waals surface area contributed by atoms with Crippen LogP contribution in [0.15, 0.2) is 11.4 Å². The van der Waals surface area contributed by atoms with Crippen molar-refractivity contribution in [3.05, 3.63) is 16.8 Å². The first-order valence-corrected chi connectivity index (χ1v) is 8.10. The molecule has 0 bridgehead atoms. The van der Waals surface area contributed by atoms with E-state index in [4.69, 9.17) is 16.0 Å². The summed E-state index contributed by atoms with van der Waals surface area (Å²) in [5, 5.41) is 13.1. The van der Waals surface area contributed by atoms with E-state index in [9.17, 15) is 5.11 Å². The summed E-state index contributed by atoms with van der Waals surface area (Å²) in [5.41, 5.74) is 15.7. The molecular weight excluding hydrogens is 326 g/mol. The van der Waals surface area contributed by atoms with E-state index in [1.54, 1.807) is 10.9 Å². The van der Waals surface area contributed by atoms with Crippen LogP contribution in [0.3, 0.4) is 0 Å². The minimum absolute atomic E-state index is 0.149. The number of aliphatic hydroxyl groups is 1. The minimum atomic E-state index is -0.556. The zero-order valence-electron chi connectivity index (χ0n) is 14.1. The van der Waals surface area contributed by atoms with Crippen LogP contribution in [0.2, 0.25) is 0 Å². The molecule has 3 rings (SSSR count). The predicted octanol–water partition coefficient (Wildman–Crippen LogP) is 1.21. The third-order valence-electron chi connectivity index (χ3n) is 4.24. The first-order chi connectivity index (χ1) is 12.1. The van der Waals surface area contributed by atoms with Gasteiger partial charge < -0.3 is 20.5 Å². The number of hydrogen-bond donors (Lipinski definition) is 2.